The lowest BCUT2D eigenvalue weighted by molar-refractivity contribution is -0.165. The molecule has 0 aromatic carbocycles. The summed E-state index contributed by atoms with van der Waals surface area (Å²) in [5, 5.41) is 20.2. The summed E-state index contributed by atoms with van der Waals surface area (Å²) in [4.78, 5) is 21.5. The van der Waals surface area contributed by atoms with Crippen molar-refractivity contribution in [3.63, 3.8) is 0 Å². The maximum atomic E-state index is 10.8. The Hall–Kier alpha value is -1.36. The zero-order chi connectivity index (χ0) is 11.2. The number of rotatable bonds is 6. The van der Waals surface area contributed by atoms with Crippen molar-refractivity contribution in [1.82, 2.24) is 5.32 Å². The summed E-state index contributed by atoms with van der Waals surface area (Å²) in [6, 6.07) is 0. The van der Waals surface area contributed by atoms with Crippen LogP contribution in [-0.2, 0) is 9.59 Å². The topological polar surface area (TPSA) is 86.6 Å². The lowest BCUT2D eigenvalue weighted by atomic mass is 10.1. The standard InChI is InChI=1S/C9H15NO4/c1-3-5-6-9(14,8(12)13)10-7(11)4-2/h4,14H,2-3,5-6H2,1H3,(H,10,11)(H,12,13). The molecule has 1 amide bonds. The molecule has 0 spiro atoms. The van der Waals surface area contributed by atoms with Gasteiger partial charge in [-0.1, -0.05) is 19.9 Å². The van der Waals surface area contributed by atoms with E-state index in [4.69, 9.17) is 5.11 Å². The van der Waals surface area contributed by atoms with Crippen molar-refractivity contribution < 1.29 is 19.8 Å². The van der Waals surface area contributed by atoms with E-state index in [1.807, 2.05) is 12.2 Å². The molecule has 0 aliphatic heterocycles. The van der Waals surface area contributed by atoms with Crippen molar-refractivity contribution in [2.75, 3.05) is 0 Å². The van der Waals surface area contributed by atoms with Crippen molar-refractivity contribution in [3.8, 4) is 0 Å². The van der Waals surface area contributed by atoms with Crippen molar-refractivity contribution >= 4 is 11.9 Å². The van der Waals surface area contributed by atoms with Gasteiger partial charge in [-0.3, -0.25) is 4.79 Å². The number of carbonyl (C=O) groups is 2. The molecular formula is C9H15NO4. The third-order valence-electron chi connectivity index (χ3n) is 1.76. The molecule has 80 valence electrons. The molecule has 0 radical (unpaired) electrons. The van der Waals surface area contributed by atoms with Gasteiger partial charge in [0.25, 0.3) is 0 Å². The maximum absolute atomic E-state index is 10.8. The van der Waals surface area contributed by atoms with Crippen molar-refractivity contribution in [2.45, 2.75) is 31.9 Å². The Morgan fingerprint density at radius 2 is 2.14 bits per heavy atom. The average Bonchev–Trinajstić information content (AvgIpc) is 2.14. The van der Waals surface area contributed by atoms with Crippen LogP contribution in [0, 0.1) is 0 Å². The SMILES string of the molecule is C=CC(=O)NC(O)(CCCC)C(=O)O. The number of aliphatic hydroxyl groups is 1. The van der Waals surface area contributed by atoms with Gasteiger partial charge in [0, 0.05) is 6.42 Å². The molecule has 14 heavy (non-hydrogen) atoms. The normalized spacial score (nSPS) is 14.1. The van der Waals surface area contributed by atoms with Crippen LogP contribution in [0.1, 0.15) is 26.2 Å². The van der Waals surface area contributed by atoms with Gasteiger partial charge >= 0.3 is 5.97 Å². The van der Waals surface area contributed by atoms with Gasteiger partial charge in [-0.05, 0) is 12.5 Å². The third kappa shape index (κ3) is 3.57. The molecule has 0 heterocycles. The van der Waals surface area contributed by atoms with Crippen LogP contribution in [0.5, 0.6) is 0 Å². The molecular weight excluding hydrogens is 186 g/mol. The van der Waals surface area contributed by atoms with Crippen molar-refractivity contribution in [1.29, 1.82) is 0 Å². The second kappa shape index (κ2) is 5.39. The number of carbonyl (C=O) groups excluding carboxylic acids is 1. The molecule has 5 nitrogen and oxygen atoms in total. The Balaban J connectivity index is 4.46. The van der Waals surface area contributed by atoms with Gasteiger partial charge in [0.2, 0.25) is 11.6 Å². The van der Waals surface area contributed by atoms with E-state index in [9.17, 15) is 14.7 Å². The first kappa shape index (κ1) is 12.6. The van der Waals surface area contributed by atoms with Gasteiger partial charge in [0.15, 0.2) is 0 Å². The van der Waals surface area contributed by atoms with Crippen LogP contribution in [0.15, 0.2) is 12.7 Å². The van der Waals surface area contributed by atoms with Gasteiger partial charge in [0.05, 0.1) is 0 Å². The van der Waals surface area contributed by atoms with Gasteiger partial charge in [0.1, 0.15) is 0 Å². The van der Waals surface area contributed by atoms with Gasteiger partial charge < -0.3 is 15.5 Å². The summed E-state index contributed by atoms with van der Waals surface area (Å²) in [6.45, 7) is 5.03. The smallest absolute Gasteiger partial charge is 0.357 e. The van der Waals surface area contributed by atoms with E-state index >= 15 is 0 Å². The molecule has 0 saturated heterocycles. The molecule has 1 atom stereocenters. The highest BCUT2D eigenvalue weighted by Gasteiger charge is 2.36. The van der Waals surface area contributed by atoms with Crippen LogP contribution in [0.25, 0.3) is 0 Å². The minimum atomic E-state index is -2.18. The molecule has 0 aliphatic carbocycles. The van der Waals surface area contributed by atoms with Gasteiger partial charge in [-0.2, -0.15) is 0 Å². The van der Waals surface area contributed by atoms with Gasteiger partial charge in [-0.25, -0.2) is 4.79 Å². The summed E-state index contributed by atoms with van der Waals surface area (Å²) < 4.78 is 0. The summed E-state index contributed by atoms with van der Waals surface area (Å²) in [7, 11) is 0. The number of nitrogens with one attached hydrogen (secondary N) is 1. The Kier molecular flexibility index (Phi) is 4.86. The molecule has 3 N–H and O–H groups in total. The highest BCUT2D eigenvalue weighted by atomic mass is 16.4. The molecule has 0 aromatic heterocycles. The fourth-order valence-electron chi connectivity index (χ4n) is 0.910. The molecule has 0 bridgehead atoms. The Bertz CT molecular complexity index is 239. The fourth-order valence-corrected chi connectivity index (χ4v) is 0.910. The lowest BCUT2D eigenvalue weighted by Crippen LogP contribution is -2.54. The van der Waals surface area contributed by atoms with E-state index < -0.39 is 17.6 Å². The highest BCUT2D eigenvalue weighted by Crippen LogP contribution is 2.11. The summed E-state index contributed by atoms with van der Waals surface area (Å²) in [5.41, 5.74) is -2.18. The van der Waals surface area contributed by atoms with Crippen molar-refractivity contribution in [2.24, 2.45) is 0 Å². The van der Waals surface area contributed by atoms with E-state index in [0.717, 1.165) is 12.5 Å². The number of carboxylic acid groups (broad SMARTS) is 1. The highest BCUT2D eigenvalue weighted by molar-refractivity contribution is 5.91. The first-order valence-electron chi connectivity index (χ1n) is 4.36. The Morgan fingerprint density at radius 1 is 1.57 bits per heavy atom. The maximum Gasteiger partial charge on any atom is 0.357 e. The molecule has 0 fully saturated rings. The average molecular weight is 201 g/mol. The lowest BCUT2D eigenvalue weighted by Gasteiger charge is -2.23. The summed E-state index contributed by atoms with van der Waals surface area (Å²) in [6.07, 6.45) is 2.15. The van der Waals surface area contributed by atoms with E-state index in [1.54, 1.807) is 0 Å². The van der Waals surface area contributed by atoms with E-state index in [0.29, 0.717) is 6.42 Å². The third-order valence-corrected chi connectivity index (χ3v) is 1.76. The van der Waals surface area contributed by atoms with Crippen LogP contribution in [0.3, 0.4) is 0 Å². The monoisotopic (exact) mass is 201 g/mol. The zero-order valence-corrected chi connectivity index (χ0v) is 8.12. The molecule has 0 aliphatic rings. The molecule has 0 saturated carbocycles. The summed E-state index contributed by atoms with van der Waals surface area (Å²) in [5.74, 6) is -2.16. The minimum Gasteiger partial charge on any atom is -0.478 e. The fraction of sp³-hybridized carbons (Fsp3) is 0.556. The molecule has 0 aromatic rings. The van der Waals surface area contributed by atoms with Gasteiger partial charge in [-0.15, -0.1) is 0 Å². The van der Waals surface area contributed by atoms with E-state index in [2.05, 4.69) is 6.58 Å². The quantitative estimate of drug-likeness (QED) is 0.424. The first-order valence-corrected chi connectivity index (χ1v) is 4.36. The molecule has 1 unspecified atom stereocenters. The molecule has 0 rings (SSSR count). The largest absolute Gasteiger partial charge is 0.478 e. The molecule has 5 heteroatoms. The van der Waals surface area contributed by atoms with Crippen LogP contribution >= 0.6 is 0 Å². The number of hydrogen-bond donors (Lipinski definition) is 3. The predicted octanol–water partition coefficient (Wildman–Crippen LogP) is 0.252. The summed E-state index contributed by atoms with van der Waals surface area (Å²) >= 11 is 0. The van der Waals surface area contributed by atoms with Crippen LogP contribution in [0.2, 0.25) is 0 Å². The number of aliphatic carboxylic acids is 1. The van der Waals surface area contributed by atoms with Crippen molar-refractivity contribution in [3.05, 3.63) is 12.7 Å². The number of unbranched alkanes of at least 4 members (excludes halogenated alkanes) is 1. The predicted molar refractivity (Wildman–Crippen MR) is 50.5 cm³/mol. The van der Waals surface area contributed by atoms with Crippen LogP contribution in [-0.4, -0.2) is 27.8 Å². The number of amides is 1. The number of carboxylic acids is 1. The van der Waals surface area contributed by atoms with Crippen LogP contribution < -0.4 is 5.32 Å². The van der Waals surface area contributed by atoms with Crippen LogP contribution in [0.4, 0.5) is 0 Å². The second-order valence-corrected chi connectivity index (χ2v) is 2.96. The Labute approximate surface area is 82.4 Å². The first-order chi connectivity index (χ1) is 6.46. The Morgan fingerprint density at radius 3 is 2.50 bits per heavy atom. The second-order valence-electron chi connectivity index (χ2n) is 2.96. The van der Waals surface area contributed by atoms with E-state index in [-0.39, 0.29) is 6.42 Å². The number of hydrogen-bond acceptors (Lipinski definition) is 3. The van der Waals surface area contributed by atoms with E-state index in [1.165, 1.54) is 0 Å². The minimum absolute atomic E-state index is 0.0155. The zero-order valence-electron chi connectivity index (χ0n) is 8.12.